The van der Waals surface area contributed by atoms with Crippen LogP contribution in [0.4, 0.5) is 0 Å². The van der Waals surface area contributed by atoms with E-state index in [4.69, 9.17) is 0 Å². The molecule has 0 aromatic heterocycles. The molecule has 30 heavy (non-hydrogen) atoms. The van der Waals surface area contributed by atoms with Crippen LogP contribution in [0.2, 0.25) is 0 Å². The molecule has 3 nitrogen and oxygen atoms in total. The Morgan fingerprint density at radius 2 is 1.27 bits per heavy atom. The van der Waals surface area contributed by atoms with Gasteiger partial charge in [0.25, 0.3) is 0 Å². The number of hydrogen-bond acceptors (Lipinski definition) is 1. The molecular formula is C27H31N2O+. The van der Waals surface area contributed by atoms with Crippen LogP contribution in [0.3, 0.4) is 0 Å². The van der Waals surface area contributed by atoms with Gasteiger partial charge in [0.1, 0.15) is 0 Å². The summed E-state index contributed by atoms with van der Waals surface area (Å²) in [6.07, 6.45) is 2.33. The van der Waals surface area contributed by atoms with Gasteiger partial charge in [-0.3, -0.25) is 4.79 Å². The Balaban J connectivity index is 1.35. The summed E-state index contributed by atoms with van der Waals surface area (Å²) in [5, 5.41) is 0. The first-order valence-corrected chi connectivity index (χ1v) is 11.1. The molecule has 0 aliphatic carbocycles. The van der Waals surface area contributed by atoms with Gasteiger partial charge in [-0.15, -0.1) is 0 Å². The maximum atomic E-state index is 13.5. The molecule has 0 radical (unpaired) electrons. The Labute approximate surface area is 180 Å². The van der Waals surface area contributed by atoms with E-state index in [1.54, 1.807) is 4.90 Å². The Kier molecular flexibility index (Phi) is 6.94. The third kappa shape index (κ3) is 5.17. The van der Waals surface area contributed by atoms with Crippen LogP contribution in [0.1, 0.15) is 29.0 Å². The Morgan fingerprint density at radius 1 is 0.767 bits per heavy atom. The molecular weight excluding hydrogens is 368 g/mol. The van der Waals surface area contributed by atoms with E-state index in [1.165, 1.54) is 18.5 Å². The largest absolute Gasteiger partial charge is 0.332 e. The van der Waals surface area contributed by atoms with Crippen LogP contribution in [0.25, 0.3) is 0 Å². The molecule has 0 bridgehead atoms. The third-order valence-corrected chi connectivity index (χ3v) is 6.13. The smallest absolute Gasteiger partial charge is 0.234 e. The zero-order valence-corrected chi connectivity index (χ0v) is 17.5. The number of carbonyl (C=O) groups excluding carboxylic acids is 1. The standard InChI is InChI=1S/C27H30N2O/c30-27(26(24-14-6-2-7-15-24)25-16-8-3-9-17-25)29-21-19-28(20-22-29)18-10-13-23-11-4-1-5-12-23/h1-9,11-12,14-17,26H,10,13,18-22H2/p+1. The molecule has 0 atom stereocenters. The fourth-order valence-electron chi connectivity index (χ4n) is 4.43. The van der Waals surface area contributed by atoms with Gasteiger partial charge in [0, 0.05) is 6.42 Å². The molecule has 1 aliphatic heterocycles. The van der Waals surface area contributed by atoms with Gasteiger partial charge in [-0.05, 0) is 23.1 Å². The molecule has 3 aromatic rings. The zero-order valence-electron chi connectivity index (χ0n) is 17.5. The van der Waals surface area contributed by atoms with Crippen LogP contribution in [0.15, 0.2) is 91.0 Å². The normalized spacial score (nSPS) is 14.8. The summed E-state index contributed by atoms with van der Waals surface area (Å²) in [4.78, 5) is 17.2. The highest BCUT2D eigenvalue weighted by Crippen LogP contribution is 2.26. The van der Waals surface area contributed by atoms with E-state index in [9.17, 15) is 4.79 Å². The van der Waals surface area contributed by atoms with Gasteiger partial charge >= 0.3 is 0 Å². The van der Waals surface area contributed by atoms with Gasteiger partial charge in [-0.25, -0.2) is 0 Å². The number of aryl methyl sites for hydroxylation is 1. The number of hydrogen-bond donors (Lipinski definition) is 1. The maximum absolute atomic E-state index is 13.5. The molecule has 4 rings (SSSR count). The quantitative estimate of drug-likeness (QED) is 0.649. The predicted molar refractivity (Wildman–Crippen MR) is 122 cm³/mol. The van der Waals surface area contributed by atoms with Crippen LogP contribution < -0.4 is 4.90 Å². The fourth-order valence-corrected chi connectivity index (χ4v) is 4.43. The number of carbonyl (C=O) groups is 1. The van der Waals surface area contributed by atoms with Crippen molar-refractivity contribution in [1.29, 1.82) is 0 Å². The van der Waals surface area contributed by atoms with Crippen molar-refractivity contribution in [3.8, 4) is 0 Å². The lowest BCUT2D eigenvalue weighted by Crippen LogP contribution is -3.14. The number of rotatable bonds is 7. The highest BCUT2D eigenvalue weighted by molar-refractivity contribution is 5.87. The van der Waals surface area contributed by atoms with Crippen LogP contribution in [0.5, 0.6) is 0 Å². The average molecular weight is 400 g/mol. The van der Waals surface area contributed by atoms with Crippen molar-refractivity contribution >= 4 is 5.91 Å². The minimum atomic E-state index is -0.216. The van der Waals surface area contributed by atoms with Crippen LogP contribution in [-0.4, -0.2) is 43.5 Å². The van der Waals surface area contributed by atoms with Gasteiger partial charge in [0.05, 0.1) is 38.6 Å². The second kappa shape index (κ2) is 10.2. The van der Waals surface area contributed by atoms with Crippen molar-refractivity contribution < 1.29 is 9.69 Å². The van der Waals surface area contributed by atoms with Crippen molar-refractivity contribution in [3.63, 3.8) is 0 Å². The highest BCUT2D eigenvalue weighted by Gasteiger charge is 2.30. The van der Waals surface area contributed by atoms with Crippen molar-refractivity contribution in [2.24, 2.45) is 0 Å². The predicted octanol–water partition coefficient (Wildman–Crippen LogP) is 3.18. The average Bonchev–Trinajstić information content (AvgIpc) is 2.82. The van der Waals surface area contributed by atoms with E-state index in [2.05, 4.69) is 59.5 Å². The summed E-state index contributed by atoms with van der Waals surface area (Å²) in [5.74, 6) is 0.0165. The molecule has 1 heterocycles. The Bertz CT molecular complexity index is 864. The molecule has 0 unspecified atom stereocenters. The summed E-state index contributed by atoms with van der Waals surface area (Å²) in [6.45, 7) is 4.94. The summed E-state index contributed by atoms with van der Waals surface area (Å²) >= 11 is 0. The number of quaternary nitrogens is 1. The summed E-state index contributed by atoms with van der Waals surface area (Å²) in [6, 6.07) is 31.1. The Morgan fingerprint density at radius 3 is 1.80 bits per heavy atom. The van der Waals surface area contributed by atoms with E-state index < -0.39 is 0 Å². The number of benzene rings is 3. The van der Waals surface area contributed by atoms with Crippen LogP contribution >= 0.6 is 0 Å². The zero-order chi connectivity index (χ0) is 20.6. The minimum Gasteiger partial charge on any atom is -0.332 e. The van der Waals surface area contributed by atoms with Crippen molar-refractivity contribution in [1.82, 2.24) is 4.90 Å². The monoisotopic (exact) mass is 399 g/mol. The molecule has 1 fully saturated rings. The lowest BCUT2D eigenvalue weighted by atomic mass is 9.90. The first kappa shape index (κ1) is 20.4. The highest BCUT2D eigenvalue weighted by atomic mass is 16.2. The Hall–Kier alpha value is -2.91. The number of nitrogens with one attached hydrogen (secondary N) is 1. The molecule has 0 spiro atoms. The third-order valence-electron chi connectivity index (χ3n) is 6.13. The molecule has 1 saturated heterocycles. The van der Waals surface area contributed by atoms with Crippen molar-refractivity contribution in [2.75, 3.05) is 32.7 Å². The van der Waals surface area contributed by atoms with Crippen molar-refractivity contribution in [2.45, 2.75) is 18.8 Å². The minimum absolute atomic E-state index is 0.216. The van der Waals surface area contributed by atoms with Gasteiger partial charge < -0.3 is 9.80 Å². The van der Waals surface area contributed by atoms with Gasteiger partial charge in [0.2, 0.25) is 5.91 Å². The lowest BCUT2D eigenvalue weighted by Gasteiger charge is -2.34. The molecule has 3 heteroatoms. The van der Waals surface area contributed by atoms with Gasteiger partial charge in [0.15, 0.2) is 0 Å². The number of piperazine rings is 1. The van der Waals surface area contributed by atoms with Gasteiger partial charge in [-0.2, -0.15) is 0 Å². The molecule has 1 N–H and O–H groups in total. The molecule has 0 saturated carbocycles. The van der Waals surface area contributed by atoms with Crippen LogP contribution in [-0.2, 0) is 11.2 Å². The number of amides is 1. The second-order valence-electron chi connectivity index (χ2n) is 8.17. The topological polar surface area (TPSA) is 24.8 Å². The molecule has 1 aliphatic rings. The molecule has 1 amide bonds. The van der Waals surface area contributed by atoms with E-state index in [1.807, 2.05) is 36.4 Å². The van der Waals surface area contributed by atoms with Crippen molar-refractivity contribution in [3.05, 3.63) is 108 Å². The fraction of sp³-hybridized carbons (Fsp3) is 0.296. The molecule has 3 aromatic carbocycles. The maximum Gasteiger partial charge on any atom is 0.234 e. The lowest BCUT2D eigenvalue weighted by molar-refractivity contribution is -0.904. The SMILES string of the molecule is O=C(C(c1ccccc1)c1ccccc1)N1CC[NH+](CCCc2ccccc2)CC1. The second-order valence-corrected chi connectivity index (χ2v) is 8.17. The molecule has 154 valence electrons. The summed E-state index contributed by atoms with van der Waals surface area (Å²) in [7, 11) is 0. The number of nitrogens with zero attached hydrogens (tertiary/aromatic N) is 1. The van der Waals surface area contributed by atoms with E-state index in [0.717, 1.165) is 43.7 Å². The van der Waals surface area contributed by atoms with E-state index in [-0.39, 0.29) is 11.8 Å². The summed E-state index contributed by atoms with van der Waals surface area (Å²) in [5.41, 5.74) is 3.57. The first-order chi connectivity index (χ1) is 14.8. The van der Waals surface area contributed by atoms with Crippen LogP contribution in [0, 0.1) is 0 Å². The van der Waals surface area contributed by atoms with Gasteiger partial charge in [-0.1, -0.05) is 91.0 Å². The van der Waals surface area contributed by atoms with E-state index in [0.29, 0.717) is 0 Å². The summed E-state index contributed by atoms with van der Waals surface area (Å²) < 4.78 is 0. The first-order valence-electron chi connectivity index (χ1n) is 11.1. The van der Waals surface area contributed by atoms with E-state index >= 15 is 0 Å².